The Hall–Kier alpha value is -3.14. The first-order chi connectivity index (χ1) is 14.1. The van der Waals surface area contributed by atoms with Gasteiger partial charge in [-0.1, -0.05) is 60.2 Å². The molecule has 4 nitrogen and oxygen atoms in total. The maximum Gasteiger partial charge on any atom is 0.163 e. The molecule has 0 radical (unpaired) electrons. The molecule has 2 aromatic heterocycles. The Morgan fingerprint density at radius 2 is 1.66 bits per heavy atom. The van der Waals surface area contributed by atoms with Crippen LogP contribution in [0.15, 0.2) is 54.6 Å². The minimum atomic E-state index is 0.192. The van der Waals surface area contributed by atoms with E-state index >= 15 is 0 Å². The Kier molecular flexibility index (Phi) is 4.35. The van der Waals surface area contributed by atoms with E-state index in [1.165, 1.54) is 35.2 Å². The number of nitrogen functional groups attached to an aromatic ring is 1. The van der Waals surface area contributed by atoms with E-state index in [0.29, 0.717) is 11.6 Å². The number of aryl methyl sites for hydroxylation is 2. The second kappa shape index (κ2) is 7.03. The van der Waals surface area contributed by atoms with E-state index in [1.807, 2.05) is 30.3 Å². The lowest BCUT2D eigenvalue weighted by Gasteiger charge is -2.21. The molecule has 0 bridgehead atoms. The van der Waals surface area contributed by atoms with Gasteiger partial charge in [-0.15, -0.1) is 0 Å². The number of hydrogen-bond donors (Lipinski definition) is 1. The molecule has 0 amide bonds. The second-order valence-corrected chi connectivity index (χ2v) is 8.09. The normalized spacial score (nSPS) is 14.7. The lowest BCUT2D eigenvalue weighted by Crippen LogP contribution is -2.14. The largest absolute Gasteiger partial charge is 0.383 e. The van der Waals surface area contributed by atoms with E-state index in [9.17, 15) is 0 Å². The zero-order valence-corrected chi connectivity index (χ0v) is 17.0. The van der Waals surface area contributed by atoms with Gasteiger partial charge >= 0.3 is 0 Å². The SMILES string of the molecule is Cc1ccc([C@H](C)n2c3c(c4c(N)nc(-c5ccccc5)nc42)CCCC3)cc1. The maximum absolute atomic E-state index is 6.53. The minimum absolute atomic E-state index is 0.192. The van der Waals surface area contributed by atoms with Gasteiger partial charge in [0.1, 0.15) is 11.5 Å². The van der Waals surface area contributed by atoms with Crippen LogP contribution in [-0.4, -0.2) is 14.5 Å². The van der Waals surface area contributed by atoms with Crippen molar-refractivity contribution in [3.05, 3.63) is 77.0 Å². The minimum Gasteiger partial charge on any atom is -0.383 e. The standard InChI is InChI=1S/C25H26N4/c1-16-12-14-18(15-13-16)17(2)29-21-11-7-6-10-20(21)22-23(26)27-24(28-25(22)29)19-8-4-3-5-9-19/h3-5,8-9,12-15,17H,6-7,10-11H2,1-2H3,(H2,26,27,28)/t17-/m0/s1. The van der Waals surface area contributed by atoms with Crippen molar-refractivity contribution in [2.45, 2.75) is 45.6 Å². The lowest BCUT2D eigenvalue weighted by atomic mass is 9.95. The summed E-state index contributed by atoms with van der Waals surface area (Å²) in [5.74, 6) is 1.30. The van der Waals surface area contributed by atoms with Gasteiger partial charge in [0.05, 0.1) is 11.4 Å². The Labute approximate surface area is 171 Å². The number of nitrogens with two attached hydrogens (primary N) is 1. The number of nitrogens with zero attached hydrogens (tertiary/aromatic N) is 3. The van der Waals surface area contributed by atoms with E-state index in [-0.39, 0.29) is 6.04 Å². The first-order valence-corrected chi connectivity index (χ1v) is 10.4. The number of aromatic nitrogens is 3. The lowest BCUT2D eigenvalue weighted by molar-refractivity contribution is 0.581. The third kappa shape index (κ3) is 3.00. The van der Waals surface area contributed by atoms with Crippen molar-refractivity contribution in [3.8, 4) is 11.4 Å². The monoisotopic (exact) mass is 382 g/mol. The number of rotatable bonds is 3. The Balaban J connectivity index is 1.77. The number of hydrogen-bond acceptors (Lipinski definition) is 3. The summed E-state index contributed by atoms with van der Waals surface area (Å²) >= 11 is 0. The third-order valence-corrected chi connectivity index (χ3v) is 6.16. The Morgan fingerprint density at radius 3 is 2.41 bits per heavy atom. The Bertz CT molecular complexity index is 1170. The second-order valence-electron chi connectivity index (χ2n) is 8.09. The van der Waals surface area contributed by atoms with Crippen molar-refractivity contribution in [2.24, 2.45) is 0 Å². The van der Waals surface area contributed by atoms with Gasteiger partial charge in [0.15, 0.2) is 5.82 Å². The first kappa shape index (κ1) is 17.9. The molecular formula is C25H26N4. The third-order valence-electron chi connectivity index (χ3n) is 6.16. The van der Waals surface area contributed by atoms with E-state index in [2.05, 4.69) is 42.7 Å². The highest BCUT2D eigenvalue weighted by molar-refractivity contribution is 5.93. The zero-order valence-electron chi connectivity index (χ0n) is 17.0. The molecule has 1 atom stereocenters. The summed E-state index contributed by atoms with van der Waals surface area (Å²) < 4.78 is 2.42. The summed E-state index contributed by atoms with van der Waals surface area (Å²) in [6, 6.07) is 19.1. The summed E-state index contributed by atoms with van der Waals surface area (Å²) in [5, 5.41) is 1.05. The van der Waals surface area contributed by atoms with Crippen LogP contribution >= 0.6 is 0 Å². The van der Waals surface area contributed by atoms with Gasteiger partial charge in [0, 0.05) is 11.3 Å². The van der Waals surface area contributed by atoms with Gasteiger partial charge in [0.25, 0.3) is 0 Å². The topological polar surface area (TPSA) is 56.7 Å². The fourth-order valence-electron chi connectivity index (χ4n) is 4.61. The molecule has 1 aliphatic carbocycles. The molecular weight excluding hydrogens is 356 g/mol. The van der Waals surface area contributed by atoms with Crippen LogP contribution in [0.1, 0.15) is 48.2 Å². The molecule has 4 aromatic rings. The van der Waals surface area contributed by atoms with Crippen LogP contribution in [0, 0.1) is 6.92 Å². The summed E-state index contributed by atoms with van der Waals surface area (Å²) in [4.78, 5) is 9.74. The summed E-state index contributed by atoms with van der Waals surface area (Å²) in [6.07, 6.45) is 4.54. The molecule has 0 saturated carbocycles. The van der Waals surface area contributed by atoms with Crippen LogP contribution in [0.25, 0.3) is 22.4 Å². The van der Waals surface area contributed by atoms with Crippen LogP contribution in [0.3, 0.4) is 0 Å². The molecule has 0 spiro atoms. The summed E-state index contributed by atoms with van der Waals surface area (Å²) in [7, 11) is 0. The van der Waals surface area contributed by atoms with Gasteiger partial charge in [-0.25, -0.2) is 9.97 Å². The van der Waals surface area contributed by atoms with E-state index in [1.54, 1.807) is 0 Å². The van der Waals surface area contributed by atoms with Crippen molar-refractivity contribution < 1.29 is 0 Å². The predicted octanol–water partition coefficient (Wildman–Crippen LogP) is 5.48. The van der Waals surface area contributed by atoms with Crippen LogP contribution in [-0.2, 0) is 12.8 Å². The van der Waals surface area contributed by atoms with Crippen molar-refractivity contribution in [1.82, 2.24) is 14.5 Å². The average molecular weight is 383 g/mol. The van der Waals surface area contributed by atoms with Gasteiger partial charge < -0.3 is 10.3 Å². The molecule has 146 valence electrons. The maximum atomic E-state index is 6.53. The van der Waals surface area contributed by atoms with E-state index in [4.69, 9.17) is 15.7 Å². The van der Waals surface area contributed by atoms with Crippen LogP contribution in [0.4, 0.5) is 5.82 Å². The molecule has 2 N–H and O–H groups in total. The molecule has 2 heterocycles. The van der Waals surface area contributed by atoms with Crippen molar-refractivity contribution >= 4 is 16.9 Å². The molecule has 1 aliphatic rings. The van der Waals surface area contributed by atoms with Crippen LogP contribution in [0.2, 0.25) is 0 Å². The molecule has 0 unspecified atom stereocenters. The Morgan fingerprint density at radius 1 is 0.931 bits per heavy atom. The van der Waals surface area contributed by atoms with Crippen LogP contribution in [0.5, 0.6) is 0 Å². The van der Waals surface area contributed by atoms with Crippen molar-refractivity contribution in [3.63, 3.8) is 0 Å². The highest BCUT2D eigenvalue weighted by Crippen LogP contribution is 2.38. The van der Waals surface area contributed by atoms with Gasteiger partial charge in [-0.05, 0) is 50.7 Å². The predicted molar refractivity (Wildman–Crippen MR) is 119 cm³/mol. The molecule has 0 saturated heterocycles. The fourth-order valence-corrected chi connectivity index (χ4v) is 4.61. The van der Waals surface area contributed by atoms with Crippen molar-refractivity contribution in [2.75, 3.05) is 5.73 Å². The highest BCUT2D eigenvalue weighted by Gasteiger charge is 2.26. The first-order valence-electron chi connectivity index (χ1n) is 10.4. The van der Waals surface area contributed by atoms with Crippen molar-refractivity contribution in [1.29, 1.82) is 0 Å². The highest BCUT2D eigenvalue weighted by atomic mass is 15.1. The number of fused-ring (bicyclic) bond motifs is 3. The van der Waals surface area contributed by atoms with E-state index < -0.39 is 0 Å². The molecule has 0 aliphatic heterocycles. The quantitative estimate of drug-likeness (QED) is 0.511. The van der Waals surface area contributed by atoms with E-state index in [0.717, 1.165) is 29.4 Å². The summed E-state index contributed by atoms with van der Waals surface area (Å²) in [6.45, 7) is 4.39. The smallest absolute Gasteiger partial charge is 0.163 e. The average Bonchev–Trinajstić information content (AvgIpc) is 3.09. The fraction of sp³-hybridized carbons (Fsp3) is 0.280. The molecule has 29 heavy (non-hydrogen) atoms. The van der Waals surface area contributed by atoms with Crippen LogP contribution < -0.4 is 5.73 Å². The number of anilines is 1. The van der Waals surface area contributed by atoms with Gasteiger partial charge in [-0.2, -0.15) is 0 Å². The molecule has 4 heteroatoms. The summed E-state index contributed by atoms with van der Waals surface area (Å²) in [5.41, 5.74) is 13.8. The molecule has 5 rings (SSSR count). The van der Waals surface area contributed by atoms with Gasteiger partial charge in [-0.3, -0.25) is 0 Å². The zero-order chi connectivity index (χ0) is 20.0. The number of benzene rings is 2. The molecule has 2 aromatic carbocycles. The van der Waals surface area contributed by atoms with Gasteiger partial charge in [0.2, 0.25) is 0 Å². The molecule has 0 fully saturated rings.